The summed E-state index contributed by atoms with van der Waals surface area (Å²) < 4.78 is 5.65. The molecule has 24 heavy (non-hydrogen) atoms. The van der Waals surface area contributed by atoms with Crippen molar-refractivity contribution in [3.8, 4) is 0 Å². The first-order chi connectivity index (χ1) is 11.4. The van der Waals surface area contributed by atoms with E-state index in [1.54, 1.807) is 6.26 Å². The third-order valence-corrected chi connectivity index (χ3v) is 4.80. The second kappa shape index (κ2) is 5.26. The van der Waals surface area contributed by atoms with Crippen LogP contribution in [0.5, 0.6) is 0 Å². The first-order valence-electron chi connectivity index (χ1n) is 8.37. The van der Waals surface area contributed by atoms with Crippen molar-refractivity contribution >= 4 is 17.2 Å². The molecule has 0 fully saturated rings. The maximum Gasteiger partial charge on any atom is 0.163 e. The molecule has 4 heteroatoms. The van der Waals surface area contributed by atoms with E-state index < -0.39 is 0 Å². The van der Waals surface area contributed by atoms with Gasteiger partial charge in [0.25, 0.3) is 0 Å². The first kappa shape index (κ1) is 15.1. The standard InChI is InChI=1S/C20H22N2O2/c1-12-6-7-13-14(9-12)22-19(17-5-4-8-24-17)18-15(21-13)10-20(2,3)11-16(18)23/h4-9,19,21-22H,10-11H2,1-3H3/t19-/m1/s1. The molecule has 0 radical (unpaired) electrons. The highest BCUT2D eigenvalue weighted by Crippen LogP contribution is 2.45. The number of carbonyl (C=O) groups is 1. The molecule has 4 rings (SSSR count). The van der Waals surface area contributed by atoms with Crippen LogP contribution < -0.4 is 10.6 Å². The summed E-state index contributed by atoms with van der Waals surface area (Å²) in [6.45, 7) is 6.36. The van der Waals surface area contributed by atoms with Crippen LogP contribution in [0.3, 0.4) is 0 Å². The molecule has 0 spiro atoms. The second-order valence-corrected chi connectivity index (χ2v) is 7.60. The Bertz CT molecular complexity index is 831. The molecule has 0 saturated heterocycles. The number of furan rings is 1. The van der Waals surface area contributed by atoms with Gasteiger partial charge in [0.15, 0.2) is 5.78 Å². The lowest BCUT2D eigenvalue weighted by molar-refractivity contribution is -0.118. The summed E-state index contributed by atoms with van der Waals surface area (Å²) in [5.41, 5.74) is 4.95. The van der Waals surface area contributed by atoms with Crippen molar-refractivity contribution in [1.29, 1.82) is 0 Å². The SMILES string of the molecule is Cc1ccc2c(c1)N[C@H](c1ccco1)C1=C(CC(C)(C)CC1=O)N2. The highest BCUT2D eigenvalue weighted by molar-refractivity contribution is 6.01. The second-order valence-electron chi connectivity index (χ2n) is 7.60. The molecule has 0 unspecified atom stereocenters. The summed E-state index contributed by atoms with van der Waals surface area (Å²) in [4.78, 5) is 12.9. The van der Waals surface area contributed by atoms with Crippen molar-refractivity contribution in [3.05, 3.63) is 59.2 Å². The van der Waals surface area contributed by atoms with E-state index in [4.69, 9.17) is 4.42 Å². The van der Waals surface area contributed by atoms with Gasteiger partial charge in [0.05, 0.1) is 17.6 Å². The molecule has 0 amide bonds. The van der Waals surface area contributed by atoms with Crippen molar-refractivity contribution in [2.45, 2.75) is 39.7 Å². The molecule has 2 N–H and O–H groups in total. The Balaban J connectivity index is 1.89. The number of fused-ring (bicyclic) bond motifs is 1. The number of aryl methyl sites for hydroxylation is 1. The Hall–Kier alpha value is -2.49. The smallest absolute Gasteiger partial charge is 0.163 e. The number of allylic oxidation sites excluding steroid dienone is 1. The fraction of sp³-hybridized carbons (Fsp3) is 0.350. The van der Waals surface area contributed by atoms with Crippen molar-refractivity contribution in [1.82, 2.24) is 0 Å². The van der Waals surface area contributed by atoms with E-state index >= 15 is 0 Å². The molecule has 4 nitrogen and oxygen atoms in total. The summed E-state index contributed by atoms with van der Waals surface area (Å²) in [5, 5.41) is 7.05. The molecule has 1 aliphatic carbocycles. The van der Waals surface area contributed by atoms with Crippen LogP contribution in [0, 0.1) is 12.3 Å². The number of Topliss-reactive ketones (excluding diaryl/α,β-unsaturated/α-hetero) is 1. The van der Waals surface area contributed by atoms with Gasteiger partial charge in [0.2, 0.25) is 0 Å². The lowest BCUT2D eigenvalue weighted by Crippen LogP contribution is -2.31. The van der Waals surface area contributed by atoms with Gasteiger partial charge in [-0.2, -0.15) is 0 Å². The minimum absolute atomic E-state index is 0.0359. The van der Waals surface area contributed by atoms with Crippen molar-refractivity contribution in [2.24, 2.45) is 5.41 Å². The van der Waals surface area contributed by atoms with E-state index in [0.717, 1.165) is 34.8 Å². The van der Waals surface area contributed by atoms with Crippen LogP contribution in [0.15, 0.2) is 52.3 Å². The van der Waals surface area contributed by atoms with Gasteiger partial charge in [-0.3, -0.25) is 4.79 Å². The lowest BCUT2D eigenvalue weighted by atomic mass is 9.74. The topological polar surface area (TPSA) is 54.3 Å². The van der Waals surface area contributed by atoms with E-state index in [9.17, 15) is 4.79 Å². The summed E-state index contributed by atoms with van der Waals surface area (Å²) in [6.07, 6.45) is 3.06. The van der Waals surface area contributed by atoms with E-state index in [1.165, 1.54) is 5.56 Å². The van der Waals surface area contributed by atoms with Crippen LogP contribution in [-0.2, 0) is 4.79 Å². The van der Waals surface area contributed by atoms with Crippen LogP contribution in [0.2, 0.25) is 0 Å². The van der Waals surface area contributed by atoms with Gasteiger partial charge >= 0.3 is 0 Å². The van der Waals surface area contributed by atoms with Gasteiger partial charge in [-0.15, -0.1) is 0 Å². The van der Waals surface area contributed by atoms with Gasteiger partial charge in [-0.05, 0) is 48.6 Å². The maximum atomic E-state index is 12.9. The molecule has 1 aromatic heterocycles. The normalized spacial score (nSPS) is 22.1. The predicted octanol–water partition coefficient (Wildman–Crippen LogP) is 4.81. The molecule has 1 aliphatic heterocycles. The number of hydrogen-bond acceptors (Lipinski definition) is 4. The van der Waals surface area contributed by atoms with Gasteiger partial charge in [0, 0.05) is 17.7 Å². The first-order valence-corrected chi connectivity index (χ1v) is 8.37. The molecule has 2 aromatic rings. The zero-order valence-electron chi connectivity index (χ0n) is 14.3. The number of rotatable bonds is 1. The summed E-state index contributed by atoms with van der Waals surface area (Å²) in [6, 6.07) is 9.79. The molecule has 124 valence electrons. The molecule has 0 bridgehead atoms. The molecule has 1 atom stereocenters. The molecule has 2 heterocycles. The van der Waals surface area contributed by atoms with Crippen molar-refractivity contribution in [2.75, 3.05) is 10.6 Å². The highest BCUT2D eigenvalue weighted by Gasteiger charge is 2.39. The highest BCUT2D eigenvalue weighted by atomic mass is 16.3. The van der Waals surface area contributed by atoms with Crippen molar-refractivity contribution in [3.63, 3.8) is 0 Å². The number of nitrogens with one attached hydrogen (secondary N) is 2. The lowest BCUT2D eigenvalue weighted by Gasteiger charge is -2.33. The summed E-state index contributed by atoms with van der Waals surface area (Å²) >= 11 is 0. The molecule has 2 aliphatic rings. The van der Waals surface area contributed by atoms with Crippen LogP contribution in [0.25, 0.3) is 0 Å². The average Bonchev–Trinajstić information content (AvgIpc) is 2.96. The average molecular weight is 322 g/mol. The van der Waals surface area contributed by atoms with Crippen LogP contribution in [0.4, 0.5) is 11.4 Å². The molecule has 0 saturated carbocycles. The van der Waals surface area contributed by atoms with Gasteiger partial charge < -0.3 is 15.1 Å². The molecular formula is C20H22N2O2. The Morgan fingerprint density at radius 2 is 2.00 bits per heavy atom. The summed E-state index contributed by atoms with van der Waals surface area (Å²) in [5.74, 6) is 0.957. The van der Waals surface area contributed by atoms with Crippen LogP contribution >= 0.6 is 0 Å². The van der Waals surface area contributed by atoms with Crippen LogP contribution in [0.1, 0.15) is 44.1 Å². The van der Waals surface area contributed by atoms with E-state index in [0.29, 0.717) is 6.42 Å². The number of anilines is 2. The van der Waals surface area contributed by atoms with Gasteiger partial charge in [0.1, 0.15) is 11.8 Å². The molecular weight excluding hydrogens is 300 g/mol. The quantitative estimate of drug-likeness (QED) is 0.791. The number of ketones is 1. The number of hydrogen-bond donors (Lipinski definition) is 2. The largest absolute Gasteiger partial charge is 0.467 e. The number of benzene rings is 1. The van der Waals surface area contributed by atoms with Crippen LogP contribution in [-0.4, -0.2) is 5.78 Å². The third-order valence-electron chi connectivity index (χ3n) is 4.80. The van der Waals surface area contributed by atoms with Crippen molar-refractivity contribution < 1.29 is 9.21 Å². The fourth-order valence-corrected chi connectivity index (χ4v) is 3.73. The maximum absolute atomic E-state index is 12.9. The van der Waals surface area contributed by atoms with E-state index in [-0.39, 0.29) is 17.2 Å². The summed E-state index contributed by atoms with van der Waals surface area (Å²) in [7, 11) is 0. The Labute approximate surface area is 141 Å². The minimum atomic E-state index is -0.255. The predicted molar refractivity (Wildman–Crippen MR) is 94.9 cm³/mol. The van der Waals surface area contributed by atoms with Gasteiger partial charge in [-0.1, -0.05) is 19.9 Å². The van der Waals surface area contributed by atoms with E-state index in [2.05, 4.69) is 49.6 Å². The monoisotopic (exact) mass is 322 g/mol. The zero-order chi connectivity index (χ0) is 16.9. The minimum Gasteiger partial charge on any atom is -0.467 e. The Morgan fingerprint density at radius 1 is 1.17 bits per heavy atom. The zero-order valence-corrected chi connectivity index (χ0v) is 14.3. The molecule has 1 aromatic carbocycles. The fourth-order valence-electron chi connectivity index (χ4n) is 3.73. The Kier molecular flexibility index (Phi) is 3.30. The third kappa shape index (κ3) is 2.52. The van der Waals surface area contributed by atoms with E-state index in [1.807, 2.05) is 12.1 Å². The Morgan fingerprint density at radius 3 is 2.75 bits per heavy atom. The van der Waals surface area contributed by atoms with Gasteiger partial charge in [-0.25, -0.2) is 0 Å². The number of carbonyl (C=O) groups excluding carboxylic acids is 1.